The smallest absolute Gasteiger partial charge is 0.444 e. The van der Waals surface area contributed by atoms with Crippen LogP contribution in [0.15, 0.2) is 48.5 Å². The van der Waals surface area contributed by atoms with E-state index >= 15 is 0 Å². The molecule has 0 N–H and O–H groups in total. The zero-order chi connectivity index (χ0) is 25.8. The number of carbonyl (C=O) groups excluding carboxylic acids is 1. The van der Waals surface area contributed by atoms with E-state index in [4.69, 9.17) is 10.00 Å². The van der Waals surface area contributed by atoms with Gasteiger partial charge in [-0.15, -0.1) is 23.4 Å². The number of amides is 1. The Kier molecular flexibility index (Phi) is 7.65. The lowest BCUT2D eigenvalue weighted by molar-refractivity contribution is -0.274. The molecule has 2 aromatic carbocycles. The molecule has 35 heavy (non-hydrogen) atoms. The summed E-state index contributed by atoms with van der Waals surface area (Å²) < 4.78 is 47.3. The number of likely N-dealkylation sites (N-methyl/N-ethyl adjacent to an activating group) is 1. The maximum atomic E-state index is 12.8. The average molecular weight is 505 g/mol. The molecule has 0 saturated heterocycles. The Balaban J connectivity index is 1.92. The van der Waals surface area contributed by atoms with Gasteiger partial charge in [0, 0.05) is 12.6 Å². The van der Waals surface area contributed by atoms with Gasteiger partial charge in [0.2, 0.25) is 0 Å². The van der Waals surface area contributed by atoms with Crippen LogP contribution in [0.2, 0.25) is 0 Å². The second kappa shape index (κ2) is 10.3. The van der Waals surface area contributed by atoms with Crippen molar-refractivity contribution in [3.05, 3.63) is 64.7 Å². The molecule has 3 aromatic rings. The third-order valence-corrected chi connectivity index (χ3v) is 5.77. The molecule has 184 valence electrons. The van der Waals surface area contributed by atoms with Gasteiger partial charge in [0.25, 0.3) is 0 Å². The van der Waals surface area contributed by atoms with Crippen molar-refractivity contribution in [1.29, 1.82) is 5.26 Å². The normalized spacial score (nSPS) is 12.5. The van der Waals surface area contributed by atoms with Crippen LogP contribution < -0.4 is 4.74 Å². The second-order valence-corrected chi connectivity index (χ2v) is 9.65. The fraction of sp³-hybridized carbons (Fsp3) is 0.333. The van der Waals surface area contributed by atoms with Crippen molar-refractivity contribution in [1.82, 2.24) is 15.1 Å². The summed E-state index contributed by atoms with van der Waals surface area (Å²) in [7, 11) is 1.58. The molecular weight excluding hydrogens is 481 g/mol. The Labute approximate surface area is 204 Å². The summed E-state index contributed by atoms with van der Waals surface area (Å²) in [6.07, 6.45) is -5.02. The van der Waals surface area contributed by atoms with Crippen molar-refractivity contribution >= 4 is 17.4 Å². The van der Waals surface area contributed by atoms with Crippen molar-refractivity contribution in [2.24, 2.45) is 0 Å². The second-order valence-electron chi connectivity index (χ2n) is 8.64. The number of alkyl halides is 3. The highest BCUT2D eigenvalue weighted by Gasteiger charge is 2.32. The van der Waals surface area contributed by atoms with Crippen molar-refractivity contribution in [3.8, 4) is 22.4 Å². The molecule has 7 nitrogen and oxygen atoms in total. The van der Waals surface area contributed by atoms with E-state index in [2.05, 4.69) is 21.0 Å². The van der Waals surface area contributed by atoms with E-state index in [9.17, 15) is 18.0 Å². The Morgan fingerprint density at radius 1 is 1.14 bits per heavy atom. The molecule has 0 bridgehead atoms. The van der Waals surface area contributed by atoms with Crippen LogP contribution in [-0.4, -0.2) is 40.2 Å². The number of nitrogens with zero attached hydrogens (tertiary/aromatic N) is 4. The zero-order valence-corrected chi connectivity index (χ0v) is 20.3. The van der Waals surface area contributed by atoms with Gasteiger partial charge in [-0.2, -0.15) is 5.26 Å². The third kappa shape index (κ3) is 7.42. The Morgan fingerprint density at radius 2 is 1.83 bits per heavy atom. The summed E-state index contributed by atoms with van der Waals surface area (Å²) in [5, 5.41) is 18.3. The summed E-state index contributed by atoms with van der Waals surface area (Å²) in [6.45, 7) is 5.27. The van der Waals surface area contributed by atoms with Crippen molar-refractivity contribution in [3.63, 3.8) is 0 Å². The Morgan fingerprint density at radius 3 is 2.43 bits per heavy atom. The Hall–Kier alpha value is -3.65. The fourth-order valence-electron chi connectivity index (χ4n) is 3.10. The maximum absolute atomic E-state index is 12.8. The van der Waals surface area contributed by atoms with Gasteiger partial charge < -0.3 is 14.4 Å². The van der Waals surface area contributed by atoms with Gasteiger partial charge in [0.1, 0.15) is 21.4 Å². The molecule has 1 atom stereocenters. The number of benzene rings is 2. The topological polar surface area (TPSA) is 88.3 Å². The molecule has 1 heterocycles. The lowest BCUT2D eigenvalue weighted by Gasteiger charge is -2.29. The minimum absolute atomic E-state index is 0.354. The predicted molar refractivity (Wildman–Crippen MR) is 124 cm³/mol. The first-order valence-corrected chi connectivity index (χ1v) is 11.3. The van der Waals surface area contributed by atoms with Gasteiger partial charge in [-0.3, -0.25) is 0 Å². The number of hydrogen-bond acceptors (Lipinski definition) is 7. The Bertz CT molecular complexity index is 1210. The molecule has 3 rings (SSSR count). The quantitative estimate of drug-likeness (QED) is 0.402. The monoisotopic (exact) mass is 504 g/mol. The number of aromatic nitrogens is 2. The first kappa shape index (κ1) is 26.0. The molecule has 0 aliphatic rings. The van der Waals surface area contributed by atoms with E-state index < -0.39 is 24.1 Å². The van der Waals surface area contributed by atoms with Crippen molar-refractivity contribution in [2.45, 2.75) is 45.2 Å². The van der Waals surface area contributed by atoms with E-state index in [0.717, 1.165) is 16.9 Å². The van der Waals surface area contributed by atoms with Crippen LogP contribution in [-0.2, 0) is 11.2 Å². The van der Waals surface area contributed by atoms with E-state index in [1.165, 1.54) is 23.1 Å². The van der Waals surface area contributed by atoms with Crippen LogP contribution in [0.5, 0.6) is 5.75 Å². The molecule has 1 amide bonds. The van der Waals surface area contributed by atoms with Crippen LogP contribution in [0.3, 0.4) is 0 Å². The lowest BCUT2D eigenvalue weighted by Crippen LogP contribution is -2.37. The zero-order valence-electron chi connectivity index (χ0n) is 19.5. The van der Waals surface area contributed by atoms with E-state index in [0.29, 0.717) is 27.6 Å². The molecule has 0 unspecified atom stereocenters. The van der Waals surface area contributed by atoms with Crippen LogP contribution in [0, 0.1) is 11.3 Å². The first-order valence-electron chi connectivity index (χ1n) is 10.5. The number of nitriles is 1. The number of ether oxygens (including phenoxy) is 2. The highest BCUT2D eigenvalue weighted by atomic mass is 32.1. The lowest BCUT2D eigenvalue weighted by atomic mass is 10.0. The highest BCUT2D eigenvalue weighted by molar-refractivity contribution is 7.14. The maximum Gasteiger partial charge on any atom is 0.573 e. The summed E-state index contributed by atoms with van der Waals surface area (Å²) >= 11 is 1.15. The molecule has 0 fully saturated rings. The molecule has 0 aliphatic carbocycles. The highest BCUT2D eigenvalue weighted by Crippen LogP contribution is 2.34. The standard InChI is InChI=1S/C24H23F3N4O3S/c1-23(2,3)34-22(32)31(4)19(12-15-8-10-16(14-28)11-9-15)21-30-29-20(35-21)17-6-5-7-18(13-17)33-24(25,26)27/h5-11,13,19H,12H2,1-4H3/t19-/m0/s1. The van der Waals surface area contributed by atoms with E-state index in [1.54, 1.807) is 58.2 Å². The SMILES string of the molecule is CN(C(=O)OC(C)(C)C)[C@@H](Cc1ccc(C#N)cc1)c1nnc(-c2cccc(OC(F)(F)F)c2)s1. The third-order valence-electron chi connectivity index (χ3n) is 4.70. The van der Waals surface area contributed by atoms with Gasteiger partial charge in [-0.1, -0.05) is 35.6 Å². The fourth-order valence-corrected chi connectivity index (χ4v) is 4.09. The van der Waals surface area contributed by atoms with Gasteiger partial charge in [0.05, 0.1) is 17.7 Å². The van der Waals surface area contributed by atoms with E-state index in [-0.39, 0.29) is 5.75 Å². The summed E-state index contributed by atoms with van der Waals surface area (Å²) in [5.74, 6) is -0.369. The van der Waals surface area contributed by atoms with Gasteiger partial charge >= 0.3 is 12.5 Å². The minimum atomic E-state index is -4.81. The number of rotatable bonds is 6. The molecule has 11 heteroatoms. The molecule has 1 aromatic heterocycles. The largest absolute Gasteiger partial charge is 0.573 e. The molecule has 0 aliphatic heterocycles. The number of carbonyl (C=O) groups is 1. The summed E-state index contributed by atoms with van der Waals surface area (Å²) in [6, 6.07) is 13.9. The summed E-state index contributed by atoms with van der Waals surface area (Å²) in [4.78, 5) is 14.2. The van der Waals surface area contributed by atoms with Crippen LogP contribution in [0.4, 0.5) is 18.0 Å². The number of halogens is 3. The van der Waals surface area contributed by atoms with Crippen molar-refractivity contribution in [2.75, 3.05) is 7.05 Å². The first-order chi connectivity index (χ1) is 16.3. The summed E-state index contributed by atoms with van der Waals surface area (Å²) in [5.41, 5.74) is 1.04. The van der Waals surface area contributed by atoms with Gasteiger partial charge in [-0.25, -0.2) is 4.79 Å². The van der Waals surface area contributed by atoms with Gasteiger partial charge in [-0.05, 0) is 57.0 Å². The van der Waals surface area contributed by atoms with Crippen LogP contribution in [0.25, 0.3) is 10.6 Å². The molecule has 0 saturated carbocycles. The number of hydrogen-bond donors (Lipinski definition) is 0. The van der Waals surface area contributed by atoms with E-state index in [1.807, 2.05) is 0 Å². The van der Waals surface area contributed by atoms with Gasteiger partial charge in [0.15, 0.2) is 0 Å². The van der Waals surface area contributed by atoms with Crippen molar-refractivity contribution < 1.29 is 27.4 Å². The van der Waals surface area contributed by atoms with Crippen LogP contribution >= 0.6 is 11.3 Å². The molecular formula is C24H23F3N4O3S. The molecule has 0 spiro atoms. The van der Waals surface area contributed by atoms with Crippen LogP contribution in [0.1, 0.15) is 42.9 Å². The average Bonchev–Trinajstić information content (AvgIpc) is 3.25. The predicted octanol–water partition coefficient (Wildman–Crippen LogP) is 6.13. The molecule has 0 radical (unpaired) electrons. The minimum Gasteiger partial charge on any atom is -0.444 e.